The minimum atomic E-state index is 0.705. The number of imidazole rings is 1. The van der Waals surface area contributed by atoms with E-state index in [0.29, 0.717) is 6.61 Å². The molecule has 0 aliphatic rings. The molecule has 1 heterocycles. The van der Waals surface area contributed by atoms with Crippen molar-refractivity contribution in [2.24, 2.45) is 0 Å². The second kappa shape index (κ2) is 6.81. The maximum Gasteiger partial charge on any atom is 0.119 e. The van der Waals surface area contributed by atoms with Gasteiger partial charge >= 0.3 is 0 Å². The highest BCUT2D eigenvalue weighted by Gasteiger charge is 1.97. The van der Waals surface area contributed by atoms with Crippen molar-refractivity contribution in [2.75, 3.05) is 13.2 Å². The minimum absolute atomic E-state index is 0.705. The fraction of sp³-hybridized carbons (Fsp3) is 0.357. The predicted octanol–water partition coefficient (Wildman–Crippen LogP) is 2.14. The maximum atomic E-state index is 5.47. The summed E-state index contributed by atoms with van der Waals surface area (Å²) in [7, 11) is 0. The Hall–Kier alpha value is -1.81. The van der Waals surface area contributed by atoms with Crippen LogP contribution >= 0.6 is 0 Å². The molecule has 2 rings (SSSR count). The third kappa shape index (κ3) is 3.89. The second-order valence-corrected chi connectivity index (χ2v) is 4.08. The summed E-state index contributed by atoms with van der Waals surface area (Å²) >= 11 is 0. The van der Waals surface area contributed by atoms with E-state index < -0.39 is 0 Å². The molecule has 2 N–H and O–H groups in total. The van der Waals surface area contributed by atoms with Crippen LogP contribution in [-0.2, 0) is 13.0 Å². The molecule has 1 aromatic heterocycles. The van der Waals surface area contributed by atoms with Crippen LogP contribution in [0.4, 0.5) is 0 Å². The third-order valence-electron chi connectivity index (χ3n) is 2.66. The van der Waals surface area contributed by atoms with Gasteiger partial charge < -0.3 is 15.0 Å². The molecule has 0 radical (unpaired) electrons. The molecule has 0 bridgehead atoms. The van der Waals surface area contributed by atoms with Gasteiger partial charge in [0.15, 0.2) is 0 Å². The number of hydrogen-bond donors (Lipinski definition) is 2. The van der Waals surface area contributed by atoms with Crippen LogP contribution in [0.15, 0.2) is 36.8 Å². The number of rotatable bonds is 7. The van der Waals surface area contributed by atoms with E-state index in [1.807, 2.05) is 25.3 Å². The molecule has 0 spiro atoms. The van der Waals surface area contributed by atoms with Gasteiger partial charge in [0.1, 0.15) is 5.75 Å². The van der Waals surface area contributed by atoms with Crippen molar-refractivity contribution in [3.8, 4) is 5.75 Å². The summed E-state index contributed by atoms with van der Waals surface area (Å²) in [6.07, 6.45) is 4.53. The van der Waals surface area contributed by atoms with Crippen molar-refractivity contribution in [3.63, 3.8) is 0 Å². The van der Waals surface area contributed by atoms with E-state index in [4.69, 9.17) is 4.74 Å². The first-order valence-corrected chi connectivity index (χ1v) is 6.28. The van der Waals surface area contributed by atoms with Crippen LogP contribution in [0, 0.1) is 0 Å². The average molecular weight is 245 g/mol. The lowest BCUT2D eigenvalue weighted by atomic mass is 10.2. The summed E-state index contributed by atoms with van der Waals surface area (Å²) in [5, 5.41) is 3.41. The van der Waals surface area contributed by atoms with Gasteiger partial charge in [-0.15, -0.1) is 0 Å². The van der Waals surface area contributed by atoms with E-state index >= 15 is 0 Å². The molecule has 0 amide bonds. The van der Waals surface area contributed by atoms with Gasteiger partial charge in [-0.3, -0.25) is 0 Å². The van der Waals surface area contributed by atoms with Gasteiger partial charge in [0.05, 0.1) is 12.9 Å². The van der Waals surface area contributed by atoms with E-state index in [1.165, 1.54) is 5.56 Å². The summed E-state index contributed by atoms with van der Waals surface area (Å²) < 4.78 is 5.47. The Labute approximate surface area is 107 Å². The molecular formula is C14H19N3O. The fourth-order valence-electron chi connectivity index (χ4n) is 1.79. The number of benzene rings is 1. The van der Waals surface area contributed by atoms with E-state index in [-0.39, 0.29) is 0 Å². The van der Waals surface area contributed by atoms with Gasteiger partial charge in [0.25, 0.3) is 0 Å². The molecule has 0 unspecified atom stereocenters. The lowest BCUT2D eigenvalue weighted by Gasteiger charge is -2.07. The number of H-pyrrole nitrogens is 1. The molecule has 2 aromatic rings. The summed E-state index contributed by atoms with van der Waals surface area (Å²) in [6.45, 7) is 4.49. The Kier molecular flexibility index (Phi) is 4.78. The first-order valence-electron chi connectivity index (χ1n) is 6.28. The molecule has 0 saturated carbocycles. The highest BCUT2D eigenvalue weighted by Crippen LogP contribution is 2.12. The topological polar surface area (TPSA) is 49.9 Å². The zero-order chi connectivity index (χ0) is 12.6. The average Bonchev–Trinajstić information content (AvgIpc) is 2.89. The van der Waals surface area contributed by atoms with Crippen LogP contribution in [0.2, 0.25) is 0 Å². The summed E-state index contributed by atoms with van der Waals surface area (Å²) in [5.41, 5.74) is 2.40. The lowest BCUT2D eigenvalue weighted by Crippen LogP contribution is -2.16. The second-order valence-electron chi connectivity index (χ2n) is 4.08. The van der Waals surface area contributed by atoms with E-state index in [9.17, 15) is 0 Å². The number of aromatic nitrogens is 2. The van der Waals surface area contributed by atoms with Crippen LogP contribution in [-0.4, -0.2) is 23.1 Å². The Morgan fingerprint density at radius 1 is 1.39 bits per heavy atom. The largest absolute Gasteiger partial charge is 0.494 e. The van der Waals surface area contributed by atoms with Crippen LogP contribution in [0.1, 0.15) is 18.2 Å². The lowest BCUT2D eigenvalue weighted by molar-refractivity contribution is 0.340. The highest BCUT2D eigenvalue weighted by molar-refractivity contribution is 5.28. The van der Waals surface area contributed by atoms with Crippen molar-refractivity contribution < 1.29 is 4.74 Å². The number of hydrogen-bond acceptors (Lipinski definition) is 3. The van der Waals surface area contributed by atoms with Gasteiger partial charge in [0, 0.05) is 31.4 Å². The standard InChI is InChI=1S/C14H19N3O/c1-2-18-14-5-3-4-12(8-14)9-15-7-6-13-10-16-11-17-13/h3-5,8,10-11,15H,2,6-7,9H2,1H3,(H,16,17). The van der Waals surface area contributed by atoms with Crippen LogP contribution in [0.25, 0.3) is 0 Å². The van der Waals surface area contributed by atoms with E-state index in [1.54, 1.807) is 6.33 Å². The highest BCUT2D eigenvalue weighted by atomic mass is 16.5. The van der Waals surface area contributed by atoms with Gasteiger partial charge in [-0.25, -0.2) is 4.98 Å². The molecule has 0 fully saturated rings. The van der Waals surface area contributed by atoms with Crippen molar-refractivity contribution >= 4 is 0 Å². The first-order chi connectivity index (χ1) is 8.88. The Bertz CT molecular complexity index is 454. The summed E-state index contributed by atoms with van der Waals surface area (Å²) in [5.74, 6) is 0.936. The molecule has 0 atom stereocenters. The van der Waals surface area contributed by atoms with E-state index in [0.717, 1.165) is 31.0 Å². The molecule has 0 saturated heterocycles. The van der Waals surface area contributed by atoms with E-state index in [2.05, 4.69) is 27.4 Å². The Balaban J connectivity index is 1.74. The zero-order valence-corrected chi connectivity index (χ0v) is 10.6. The molecule has 0 aliphatic heterocycles. The molecular weight excluding hydrogens is 226 g/mol. The van der Waals surface area contributed by atoms with Crippen molar-refractivity contribution in [1.29, 1.82) is 0 Å². The van der Waals surface area contributed by atoms with Crippen molar-refractivity contribution in [3.05, 3.63) is 48.0 Å². The quantitative estimate of drug-likeness (QED) is 0.735. The Morgan fingerprint density at radius 2 is 2.33 bits per heavy atom. The molecule has 18 heavy (non-hydrogen) atoms. The number of aromatic amines is 1. The number of nitrogens with one attached hydrogen (secondary N) is 2. The Morgan fingerprint density at radius 3 is 3.11 bits per heavy atom. The smallest absolute Gasteiger partial charge is 0.119 e. The van der Waals surface area contributed by atoms with Crippen molar-refractivity contribution in [1.82, 2.24) is 15.3 Å². The predicted molar refractivity (Wildman–Crippen MR) is 71.6 cm³/mol. The minimum Gasteiger partial charge on any atom is -0.494 e. The van der Waals surface area contributed by atoms with Gasteiger partial charge in [0.2, 0.25) is 0 Å². The van der Waals surface area contributed by atoms with Gasteiger partial charge in [-0.2, -0.15) is 0 Å². The van der Waals surface area contributed by atoms with Crippen LogP contribution in [0.3, 0.4) is 0 Å². The van der Waals surface area contributed by atoms with Gasteiger partial charge in [-0.05, 0) is 24.6 Å². The molecule has 4 heteroatoms. The fourth-order valence-corrected chi connectivity index (χ4v) is 1.79. The summed E-state index contributed by atoms with van der Waals surface area (Å²) in [6, 6.07) is 8.19. The van der Waals surface area contributed by atoms with Crippen molar-refractivity contribution in [2.45, 2.75) is 19.9 Å². The molecule has 1 aromatic carbocycles. The maximum absolute atomic E-state index is 5.47. The normalized spacial score (nSPS) is 10.5. The third-order valence-corrected chi connectivity index (χ3v) is 2.66. The number of nitrogens with zero attached hydrogens (tertiary/aromatic N) is 1. The van der Waals surface area contributed by atoms with Crippen LogP contribution < -0.4 is 10.1 Å². The zero-order valence-electron chi connectivity index (χ0n) is 10.6. The molecule has 96 valence electrons. The number of ether oxygens (including phenoxy) is 1. The molecule has 4 nitrogen and oxygen atoms in total. The SMILES string of the molecule is CCOc1cccc(CNCCc2cnc[nH]2)c1. The first kappa shape index (κ1) is 12.6. The van der Waals surface area contributed by atoms with Gasteiger partial charge in [-0.1, -0.05) is 12.1 Å². The monoisotopic (exact) mass is 245 g/mol. The summed E-state index contributed by atoms with van der Waals surface area (Å²) in [4.78, 5) is 7.08. The molecule has 0 aliphatic carbocycles. The van der Waals surface area contributed by atoms with Crippen LogP contribution in [0.5, 0.6) is 5.75 Å².